The maximum atomic E-state index is 13.2. The van der Waals surface area contributed by atoms with E-state index in [-0.39, 0.29) is 29.8 Å². The fourth-order valence-electron chi connectivity index (χ4n) is 4.90. The smallest absolute Gasteiger partial charge is 0.309 e. The number of ketones is 1. The van der Waals surface area contributed by atoms with Gasteiger partial charge in [-0.25, -0.2) is 4.98 Å². The van der Waals surface area contributed by atoms with Crippen LogP contribution in [0.1, 0.15) is 77.4 Å². The van der Waals surface area contributed by atoms with Gasteiger partial charge in [0.15, 0.2) is 0 Å². The van der Waals surface area contributed by atoms with Gasteiger partial charge in [-0.15, -0.1) is 11.3 Å². The third-order valence-electron chi connectivity index (χ3n) is 7.74. The molecule has 0 unspecified atom stereocenters. The Labute approximate surface area is 222 Å². The highest BCUT2D eigenvalue weighted by Crippen LogP contribution is 2.45. The minimum absolute atomic E-state index is 0.0998. The summed E-state index contributed by atoms with van der Waals surface area (Å²) in [5, 5.41) is 24.6. The molecule has 3 heterocycles. The van der Waals surface area contributed by atoms with E-state index in [1.165, 1.54) is 11.3 Å². The summed E-state index contributed by atoms with van der Waals surface area (Å²) in [5.74, 6) is -1.75. The SMILES string of the molecule is C[C@H]1CCC[C@@]2(C)O[C@H]2C[C@@H](C(Cl)=Cc2csc(CN)n2)OC(=O)C[C@H](O)C(C)(C)C(=O)[C@H](C)[C@H]1O. The number of thiazole rings is 1. The van der Waals surface area contributed by atoms with Gasteiger partial charge in [0, 0.05) is 24.3 Å². The second-order valence-electron chi connectivity index (χ2n) is 11.0. The molecule has 0 amide bonds. The van der Waals surface area contributed by atoms with Gasteiger partial charge in [-0.1, -0.05) is 45.7 Å². The molecule has 2 aliphatic rings. The molecule has 8 nitrogen and oxygen atoms in total. The number of nitrogens with two attached hydrogens (primary N) is 1. The Hall–Kier alpha value is -1.36. The number of ether oxygens (including phenoxy) is 2. The first-order valence-electron chi connectivity index (χ1n) is 12.6. The Morgan fingerprint density at radius 1 is 1.31 bits per heavy atom. The van der Waals surface area contributed by atoms with Gasteiger partial charge >= 0.3 is 5.97 Å². The zero-order chi connectivity index (χ0) is 26.8. The minimum atomic E-state index is -1.29. The molecular formula is C26H39ClN2O6S. The summed E-state index contributed by atoms with van der Waals surface area (Å²) in [5.41, 5.74) is 4.66. The summed E-state index contributed by atoms with van der Waals surface area (Å²) in [4.78, 5) is 30.5. The van der Waals surface area contributed by atoms with Gasteiger partial charge in [0.1, 0.15) is 16.9 Å². The quantitative estimate of drug-likeness (QED) is 0.387. The van der Waals surface area contributed by atoms with E-state index in [1.54, 1.807) is 26.8 Å². The third-order valence-corrected chi connectivity index (χ3v) is 8.99. The lowest BCUT2D eigenvalue weighted by Gasteiger charge is -2.34. The Kier molecular flexibility index (Phi) is 9.39. The predicted molar refractivity (Wildman–Crippen MR) is 139 cm³/mol. The van der Waals surface area contributed by atoms with Crippen LogP contribution in [0.4, 0.5) is 0 Å². The number of fused-ring (bicyclic) bond motifs is 1. The van der Waals surface area contributed by atoms with E-state index in [0.29, 0.717) is 23.7 Å². The number of aliphatic hydroxyl groups is 2. The third kappa shape index (κ3) is 6.74. The number of hydrogen-bond donors (Lipinski definition) is 3. The molecule has 2 aliphatic heterocycles. The maximum absolute atomic E-state index is 13.2. The Morgan fingerprint density at radius 2 is 2.00 bits per heavy atom. The molecule has 0 spiro atoms. The number of aromatic nitrogens is 1. The zero-order valence-electron chi connectivity index (χ0n) is 21.7. The second-order valence-corrected chi connectivity index (χ2v) is 12.4. The molecule has 2 saturated heterocycles. The molecule has 202 valence electrons. The lowest BCUT2D eigenvalue weighted by Crippen LogP contribution is -2.45. The van der Waals surface area contributed by atoms with E-state index in [9.17, 15) is 19.8 Å². The van der Waals surface area contributed by atoms with Crippen LogP contribution in [0.15, 0.2) is 10.4 Å². The molecule has 36 heavy (non-hydrogen) atoms. The molecule has 4 N–H and O–H groups in total. The van der Waals surface area contributed by atoms with Crippen molar-refractivity contribution in [3.05, 3.63) is 21.1 Å². The molecule has 10 heteroatoms. The predicted octanol–water partition coefficient (Wildman–Crippen LogP) is 3.80. The van der Waals surface area contributed by atoms with Crippen molar-refractivity contribution in [3.63, 3.8) is 0 Å². The summed E-state index contributed by atoms with van der Waals surface area (Å²) in [6.45, 7) is 9.13. The first-order valence-corrected chi connectivity index (χ1v) is 13.8. The summed E-state index contributed by atoms with van der Waals surface area (Å²) in [6, 6.07) is 0. The monoisotopic (exact) mass is 542 g/mol. The van der Waals surface area contributed by atoms with Crippen LogP contribution < -0.4 is 5.73 Å². The number of aliphatic hydroxyl groups excluding tert-OH is 2. The van der Waals surface area contributed by atoms with E-state index in [0.717, 1.165) is 24.3 Å². The number of carbonyl (C=O) groups excluding carboxylic acids is 2. The van der Waals surface area contributed by atoms with Gasteiger partial charge in [-0.3, -0.25) is 9.59 Å². The largest absolute Gasteiger partial charge is 0.456 e. The highest BCUT2D eigenvalue weighted by Gasteiger charge is 2.53. The van der Waals surface area contributed by atoms with Crippen LogP contribution in [0, 0.1) is 17.3 Å². The van der Waals surface area contributed by atoms with E-state index in [4.69, 9.17) is 26.8 Å². The number of carbonyl (C=O) groups is 2. The van der Waals surface area contributed by atoms with Crippen LogP contribution in [-0.2, 0) is 25.6 Å². The standard InChI is InChI=1S/C26H39ClN2O6S/c1-14-7-6-8-26(5)20(35-26)10-18(17(27)9-16-13-36-21(12-28)29-16)34-22(31)11-19(30)25(3,4)24(33)15(2)23(14)32/h9,13-15,18-20,23,30,32H,6-8,10-12,28H2,1-5H3/t14-,15+,18-,19-,20-,23-,26+/m0/s1. The average Bonchev–Trinajstić information content (AvgIpc) is 3.23. The van der Waals surface area contributed by atoms with Crippen molar-refractivity contribution in [3.8, 4) is 0 Å². The van der Waals surface area contributed by atoms with Crippen molar-refractivity contribution in [1.29, 1.82) is 0 Å². The molecule has 0 bridgehead atoms. The average molecular weight is 543 g/mol. The number of hydrogen-bond acceptors (Lipinski definition) is 9. The Morgan fingerprint density at radius 3 is 2.64 bits per heavy atom. The number of cyclic esters (lactones) is 1. The van der Waals surface area contributed by atoms with Crippen molar-refractivity contribution < 1.29 is 29.3 Å². The van der Waals surface area contributed by atoms with Crippen LogP contribution in [0.2, 0.25) is 0 Å². The van der Waals surface area contributed by atoms with Gasteiger partial charge in [0.25, 0.3) is 0 Å². The van der Waals surface area contributed by atoms with Crippen molar-refractivity contribution in [1.82, 2.24) is 4.98 Å². The van der Waals surface area contributed by atoms with Crippen LogP contribution in [-0.4, -0.2) is 57.0 Å². The highest BCUT2D eigenvalue weighted by atomic mass is 35.5. The molecule has 0 aliphatic carbocycles. The lowest BCUT2D eigenvalue weighted by molar-refractivity contribution is -0.154. The van der Waals surface area contributed by atoms with Gasteiger partial charge in [0.05, 0.1) is 46.5 Å². The van der Waals surface area contributed by atoms with Crippen LogP contribution in [0.5, 0.6) is 0 Å². The van der Waals surface area contributed by atoms with Crippen LogP contribution >= 0.6 is 22.9 Å². The van der Waals surface area contributed by atoms with E-state index in [2.05, 4.69) is 4.98 Å². The minimum Gasteiger partial charge on any atom is -0.456 e. The van der Waals surface area contributed by atoms with Crippen molar-refractivity contribution in [2.24, 2.45) is 23.0 Å². The summed E-state index contributed by atoms with van der Waals surface area (Å²) in [6.07, 6.45) is 0.894. The number of rotatable bonds is 3. The number of Topliss-reactive ketones (excluding diaryl/α,β-unsaturated/α-hetero) is 1. The van der Waals surface area contributed by atoms with Gasteiger partial charge in [0.2, 0.25) is 0 Å². The molecule has 0 radical (unpaired) electrons. The summed E-state index contributed by atoms with van der Waals surface area (Å²) in [7, 11) is 0. The van der Waals surface area contributed by atoms with Crippen molar-refractivity contribution >= 4 is 40.8 Å². The van der Waals surface area contributed by atoms with Crippen molar-refractivity contribution in [2.45, 2.75) is 103 Å². The lowest BCUT2D eigenvalue weighted by atomic mass is 9.73. The first-order chi connectivity index (χ1) is 16.8. The Bertz CT molecular complexity index is 981. The summed E-state index contributed by atoms with van der Waals surface area (Å²) >= 11 is 8.05. The molecule has 7 atom stereocenters. The number of esters is 1. The van der Waals surface area contributed by atoms with Gasteiger partial charge in [-0.05, 0) is 31.8 Å². The fraction of sp³-hybridized carbons (Fsp3) is 0.731. The Balaban J connectivity index is 1.85. The normalized spacial score (nSPS) is 36.8. The topological polar surface area (TPSA) is 135 Å². The molecule has 3 rings (SSSR count). The zero-order valence-corrected chi connectivity index (χ0v) is 23.3. The van der Waals surface area contributed by atoms with E-state index in [1.807, 2.05) is 19.2 Å². The van der Waals surface area contributed by atoms with Gasteiger partial charge < -0.3 is 25.4 Å². The van der Waals surface area contributed by atoms with Crippen molar-refractivity contribution in [2.75, 3.05) is 0 Å². The number of nitrogens with zero attached hydrogens (tertiary/aromatic N) is 1. The molecular weight excluding hydrogens is 504 g/mol. The molecule has 1 aromatic rings. The van der Waals surface area contributed by atoms with E-state index >= 15 is 0 Å². The maximum Gasteiger partial charge on any atom is 0.309 e. The van der Waals surface area contributed by atoms with Gasteiger partial charge in [-0.2, -0.15) is 0 Å². The van der Waals surface area contributed by atoms with E-state index < -0.39 is 35.6 Å². The number of halogens is 1. The molecule has 2 fully saturated rings. The van der Waals surface area contributed by atoms with Crippen LogP contribution in [0.25, 0.3) is 6.08 Å². The molecule has 0 aromatic carbocycles. The first kappa shape index (κ1) is 29.2. The molecule has 1 aromatic heterocycles. The summed E-state index contributed by atoms with van der Waals surface area (Å²) < 4.78 is 11.7. The van der Waals surface area contributed by atoms with Crippen LogP contribution in [0.3, 0.4) is 0 Å². The molecule has 0 saturated carbocycles. The number of epoxide rings is 1. The highest BCUT2D eigenvalue weighted by molar-refractivity contribution is 7.09. The fourth-order valence-corrected chi connectivity index (χ4v) is 5.78. The second kappa shape index (κ2) is 11.6.